The number of carbonyl (C=O) groups excluding carboxylic acids is 2. The third-order valence-electron chi connectivity index (χ3n) is 10.0. The lowest BCUT2D eigenvalue weighted by Crippen LogP contribution is -2.45. The number of fused-ring (bicyclic) bond motifs is 2. The topological polar surface area (TPSA) is 90.7 Å². The molecule has 2 bridgehead atoms. The van der Waals surface area contributed by atoms with Gasteiger partial charge >= 0.3 is 5.97 Å². The first kappa shape index (κ1) is 31.4. The molecule has 1 aromatic heterocycles. The molecule has 3 fully saturated rings. The van der Waals surface area contributed by atoms with Crippen molar-refractivity contribution in [2.45, 2.75) is 114 Å². The quantitative estimate of drug-likeness (QED) is 0.146. The van der Waals surface area contributed by atoms with E-state index in [2.05, 4.69) is 12.2 Å². The summed E-state index contributed by atoms with van der Waals surface area (Å²) in [6.07, 6.45) is 19.7. The van der Waals surface area contributed by atoms with Gasteiger partial charge < -0.3 is 19.2 Å². The number of unbranched alkanes of at least 4 members (excludes halogenated alkanes) is 1. The molecule has 236 valence electrons. The van der Waals surface area contributed by atoms with Gasteiger partial charge in [0, 0.05) is 14.0 Å². The average Bonchev–Trinajstić information content (AvgIpc) is 3.66. The van der Waals surface area contributed by atoms with Crippen LogP contribution in [0.1, 0.15) is 119 Å². The lowest BCUT2D eigenvalue weighted by atomic mass is 9.64. The summed E-state index contributed by atoms with van der Waals surface area (Å²) in [6, 6.07) is 4.64. The maximum atomic E-state index is 14.5. The summed E-state index contributed by atoms with van der Waals surface area (Å²) in [5, 5.41) is 3.05. The van der Waals surface area contributed by atoms with Crippen molar-refractivity contribution in [2.24, 2.45) is 11.8 Å². The molecule has 1 amide bonds. The normalized spacial score (nSPS) is 24.7. The molecule has 2 saturated heterocycles. The van der Waals surface area contributed by atoms with Crippen LogP contribution in [-0.4, -0.2) is 42.7 Å². The number of methoxy groups -OCH3 is 1. The number of esters is 1. The van der Waals surface area contributed by atoms with Gasteiger partial charge in [-0.2, -0.15) is 0 Å². The number of nitrogens with one attached hydrogen (secondary N) is 1. The minimum absolute atomic E-state index is 0. The van der Waals surface area contributed by atoms with Crippen molar-refractivity contribution in [3.63, 3.8) is 0 Å². The van der Waals surface area contributed by atoms with E-state index in [4.69, 9.17) is 18.9 Å². The molecule has 3 aliphatic rings. The van der Waals surface area contributed by atoms with Crippen molar-refractivity contribution in [3.05, 3.63) is 59.1 Å². The van der Waals surface area contributed by atoms with Crippen LogP contribution in [0.25, 0.3) is 6.08 Å². The van der Waals surface area contributed by atoms with Gasteiger partial charge in [0.2, 0.25) is 5.89 Å². The number of nitrogens with zero attached hydrogens (tertiary/aromatic N) is 1. The second-order valence-electron chi connectivity index (χ2n) is 12.8. The fraction of sp³-hybridized carbons (Fsp3) is 0.629. The molecule has 5 rings (SSSR count). The van der Waals surface area contributed by atoms with Gasteiger partial charge in [-0.25, -0.2) is 14.2 Å². The van der Waals surface area contributed by atoms with Crippen LogP contribution < -0.4 is 5.32 Å². The molecule has 3 heterocycles. The Balaban J connectivity index is 0.00000442. The summed E-state index contributed by atoms with van der Waals surface area (Å²) < 4.78 is 31.6. The number of oxazole rings is 1. The summed E-state index contributed by atoms with van der Waals surface area (Å²) in [5.41, 5.74) is 1.43. The second-order valence-corrected chi connectivity index (χ2v) is 12.8. The summed E-state index contributed by atoms with van der Waals surface area (Å²) in [4.78, 5) is 29.7. The van der Waals surface area contributed by atoms with Crippen LogP contribution in [-0.2, 0) is 26.1 Å². The number of aromatic nitrogens is 1. The van der Waals surface area contributed by atoms with Gasteiger partial charge in [-0.1, -0.05) is 64.4 Å². The number of carbonyl (C=O) groups is 2. The molecular formula is C35H49FN2O5. The summed E-state index contributed by atoms with van der Waals surface area (Å²) in [7, 11) is 1.33. The maximum Gasteiger partial charge on any atom is 0.330 e. The second kappa shape index (κ2) is 14.7. The van der Waals surface area contributed by atoms with Gasteiger partial charge in [0.15, 0.2) is 5.69 Å². The lowest BCUT2D eigenvalue weighted by molar-refractivity contribution is -0.134. The highest BCUT2D eigenvalue weighted by Crippen LogP contribution is 2.51. The Morgan fingerprint density at radius 2 is 1.93 bits per heavy atom. The van der Waals surface area contributed by atoms with Gasteiger partial charge in [0.1, 0.15) is 12.1 Å². The monoisotopic (exact) mass is 596 g/mol. The molecule has 3 atom stereocenters. The van der Waals surface area contributed by atoms with Crippen LogP contribution in [0.4, 0.5) is 4.39 Å². The predicted molar refractivity (Wildman–Crippen MR) is 165 cm³/mol. The van der Waals surface area contributed by atoms with Crippen molar-refractivity contribution in [3.8, 4) is 0 Å². The number of benzene rings is 1. The van der Waals surface area contributed by atoms with E-state index in [-0.39, 0.29) is 31.3 Å². The molecule has 0 radical (unpaired) electrons. The Morgan fingerprint density at radius 1 is 1.16 bits per heavy atom. The zero-order valence-electron chi connectivity index (χ0n) is 25.7. The van der Waals surface area contributed by atoms with Crippen LogP contribution in [0, 0.1) is 17.7 Å². The van der Waals surface area contributed by atoms with Crippen LogP contribution in [0.2, 0.25) is 0 Å². The molecule has 0 spiro atoms. The molecule has 1 aliphatic carbocycles. The summed E-state index contributed by atoms with van der Waals surface area (Å²) in [6.45, 7) is 2.77. The number of amides is 1. The fourth-order valence-corrected chi connectivity index (χ4v) is 7.73. The zero-order valence-corrected chi connectivity index (χ0v) is 25.7. The van der Waals surface area contributed by atoms with Crippen LogP contribution in [0.3, 0.4) is 0 Å². The molecule has 1 aromatic carbocycles. The lowest BCUT2D eigenvalue weighted by Gasteiger charge is -2.44. The Bertz CT molecular complexity index is 1260. The number of hydrogen-bond donors (Lipinski definition) is 1. The van der Waals surface area contributed by atoms with Gasteiger partial charge in [-0.15, -0.1) is 0 Å². The SMILES string of the molecule is CCC(Cc1cc(F)ccc1/C=C/C(=O)OC)C1(c2nc(C(=O)NCCCCC3CCCCC3)co2)CC2CCC(C1)O2.[HH]. The van der Waals surface area contributed by atoms with Gasteiger partial charge in [-0.3, -0.25) is 4.79 Å². The van der Waals surface area contributed by atoms with E-state index < -0.39 is 11.4 Å². The number of hydrogen-bond acceptors (Lipinski definition) is 6. The first-order valence-electron chi connectivity index (χ1n) is 16.3. The highest BCUT2D eigenvalue weighted by atomic mass is 19.1. The molecule has 2 aliphatic heterocycles. The van der Waals surface area contributed by atoms with Crippen molar-refractivity contribution >= 4 is 18.0 Å². The fourth-order valence-electron chi connectivity index (χ4n) is 7.73. The smallest absolute Gasteiger partial charge is 0.330 e. The van der Waals surface area contributed by atoms with E-state index in [1.807, 2.05) is 0 Å². The Hall–Kier alpha value is -3.00. The minimum Gasteiger partial charge on any atom is -0.466 e. The molecule has 2 aromatic rings. The van der Waals surface area contributed by atoms with Crippen molar-refractivity contribution < 1.29 is 29.3 Å². The molecule has 3 unspecified atom stereocenters. The standard InChI is InChI=1S/C35H47FN2O5.H2/c1-3-27(19-26-20-28(36)14-12-25(26)13-17-32(39)41-2)35(21-29-15-16-30(22-35)43-29)34-38-31(23-42-34)33(40)37-18-8-7-11-24-9-5-4-6-10-24;/h12-14,17,20,23-24,27,29-30H,3-11,15-16,18-19,21-22H2,1-2H3,(H,37,40);1H/b17-13+;. The van der Waals surface area contributed by atoms with Crippen LogP contribution >= 0.6 is 0 Å². The molecule has 43 heavy (non-hydrogen) atoms. The van der Waals surface area contributed by atoms with E-state index in [0.29, 0.717) is 24.6 Å². The molecule has 1 saturated carbocycles. The third-order valence-corrected chi connectivity index (χ3v) is 10.0. The summed E-state index contributed by atoms with van der Waals surface area (Å²) in [5.74, 6) is 0.495. The third kappa shape index (κ3) is 7.75. The zero-order chi connectivity index (χ0) is 30.2. The Morgan fingerprint density at radius 3 is 2.65 bits per heavy atom. The first-order chi connectivity index (χ1) is 20.9. The van der Waals surface area contributed by atoms with E-state index in [1.54, 1.807) is 18.2 Å². The molecule has 7 nitrogen and oxygen atoms in total. The number of rotatable bonds is 13. The number of halogens is 1. The van der Waals surface area contributed by atoms with E-state index in [0.717, 1.165) is 62.0 Å². The highest BCUT2D eigenvalue weighted by Gasteiger charge is 2.52. The van der Waals surface area contributed by atoms with E-state index in [1.165, 1.54) is 64.0 Å². The van der Waals surface area contributed by atoms with Gasteiger partial charge in [-0.05, 0) is 79.7 Å². The Labute approximate surface area is 256 Å². The largest absolute Gasteiger partial charge is 0.466 e. The van der Waals surface area contributed by atoms with Gasteiger partial charge in [0.05, 0.1) is 24.7 Å². The highest BCUT2D eigenvalue weighted by molar-refractivity contribution is 5.91. The van der Waals surface area contributed by atoms with Gasteiger partial charge in [0.25, 0.3) is 5.91 Å². The Kier molecular flexibility index (Phi) is 10.7. The molecule has 8 heteroatoms. The van der Waals surface area contributed by atoms with E-state index >= 15 is 0 Å². The summed E-state index contributed by atoms with van der Waals surface area (Å²) >= 11 is 0. The molecular weight excluding hydrogens is 547 g/mol. The van der Waals surface area contributed by atoms with Crippen molar-refractivity contribution in [1.29, 1.82) is 0 Å². The van der Waals surface area contributed by atoms with Crippen molar-refractivity contribution in [2.75, 3.05) is 13.7 Å². The van der Waals surface area contributed by atoms with Crippen LogP contribution in [0.5, 0.6) is 0 Å². The minimum atomic E-state index is -0.463. The number of ether oxygens (including phenoxy) is 2. The van der Waals surface area contributed by atoms with Crippen LogP contribution in [0.15, 0.2) is 35.0 Å². The average molecular weight is 597 g/mol. The predicted octanol–water partition coefficient (Wildman–Crippen LogP) is 7.57. The first-order valence-corrected chi connectivity index (χ1v) is 16.3. The van der Waals surface area contributed by atoms with Crippen molar-refractivity contribution in [1.82, 2.24) is 10.3 Å². The maximum absolute atomic E-state index is 14.5. The molecule has 1 N–H and O–H groups in total. The van der Waals surface area contributed by atoms with E-state index in [9.17, 15) is 14.0 Å².